The highest BCUT2D eigenvalue weighted by Crippen LogP contribution is 2.61. The smallest absolute Gasteiger partial charge is 0.160 e. The van der Waals surface area contributed by atoms with Gasteiger partial charge in [0, 0.05) is 11.3 Å². The molecule has 0 aliphatic heterocycles. The zero-order valence-electron chi connectivity index (χ0n) is 26.9. The highest BCUT2D eigenvalue weighted by atomic mass is 14.9. The Balaban J connectivity index is 1.33. The van der Waals surface area contributed by atoms with Gasteiger partial charge in [-0.05, 0) is 92.2 Å². The molecule has 6 aromatic carbocycles. The van der Waals surface area contributed by atoms with Gasteiger partial charge in [0.25, 0.3) is 0 Å². The molecule has 228 valence electrons. The van der Waals surface area contributed by atoms with Crippen molar-refractivity contribution in [2.75, 3.05) is 0 Å². The minimum atomic E-state index is -0.499. The van der Waals surface area contributed by atoms with Crippen LogP contribution in [0.2, 0.25) is 0 Å². The monoisotopic (exact) mass is 614 g/mol. The van der Waals surface area contributed by atoms with Gasteiger partial charge in [0.15, 0.2) is 5.84 Å². The van der Waals surface area contributed by atoms with Gasteiger partial charge in [0.05, 0.1) is 11.1 Å². The summed E-state index contributed by atoms with van der Waals surface area (Å²) >= 11 is 0. The van der Waals surface area contributed by atoms with Gasteiger partial charge < -0.3 is 0 Å². The van der Waals surface area contributed by atoms with Crippen LogP contribution in [0.3, 0.4) is 0 Å². The highest BCUT2D eigenvalue weighted by molar-refractivity contribution is 6.13. The normalized spacial score (nSPS) is 17.6. The van der Waals surface area contributed by atoms with E-state index in [4.69, 9.17) is 9.98 Å². The van der Waals surface area contributed by atoms with Gasteiger partial charge in [-0.2, -0.15) is 0 Å². The predicted octanol–water partition coefficient (Wildman–Crippen LogP) is 11.2. The lowest BCUT2D eigenvalue weighted by atomic mass is 9.61. The molecule has 0 saturated carbocycles. The third-order valence-corrected chi connectivity index (χ3v) is 10.3. The second-order valence-electron chi connectivity index (χ2n) is 12.9. The van der Waals surface area contributed by atoms with Gasteiger partial charge in [0.1, 0.15) is 0 Å². The molecule has 1 unspecified atom stereocenters. The van der Waals surface area contributed by atoms with Gasteiger partial charge in [-0.15, -0.1) is 0 Å². The van der Waals surface area contributed by atoms with Crippen molar-refractivity contribution in [2.24, 2.45) is 9.98 Å². The Morgan fingerprint density at radius 3 is 1.98 bits per heavy atom. The fourth-order valence-corrected chi connectivity index (χ4v) is 8.14. The van der Waals surface area contributed by atoms with Gasteiger partial charge in [-0.25, -0.2) is 9.98 Å². The molecule has 0 aromatic heterocycles. The number of amidine groups is 1. The van der Waals surface area contributed by atoms with Gasteiger partial charge in [-0.3, -0.25) is 0 Å². The summed E-state index contributed by atoms with van der Waals surface area (Å²) in [4.78, 5) is 10.4. The number of rotatable bonds is 4. The van der Waals surface area contributed by atoms with E-state index >= 15 is 0 Å². The third kappa shape index (κ3) is 4.19. The lowest BCUT2D eigenvalue weighted by molar-refractivity contribution is 0.773. The molecule has 2 nitrogen and oxygen atoms in total. The topological polar surface area (TPSA) is 24.7 Å². The first-order chi connectivity index (χ1) is 23.6. The maximum absolute atomic E-state index is 5.23. The molecule has 9 rings (SSSR count). The summed E-state index contributed by atoms with van der Waals surface area (Å²) in [6.07, 6.45) is 8.59. The minimum Gasteiger partial charge on any atom is -0.233 e. The van der Waals surface area contributed by atoms with Crippen molar-refractivity contribution >= 4 is 22.3 Å². The predicted molar refractivity (Wildman–Crippen MR) is 201 cm³/mol. The van der Waals surface area contributed by atoms with E-state index in [2.05, 4.69) is 159 Å². The van der Waals surface area contributed by atoms with Crippen LogP contribution in [-0.2, 0) is 5.41 Å². The van der Waals surface area contributed by atoms with E-state index in [0.29, 0.717) is 5.84 Å². The van der Waals surface area contributed by atoms with Crippen LogP contribution in [-0.4, -0.2) is 11.5 Å². The molecule has 0 bridgehead atoms. The number of nitrogens with zero attached hydrogens (tertiary/aromatic N) is 2. The molecule has 1 spiro atoms. The lowest BCUT2D eigenvalue weighted by Crippen LogP contribution is -2.32. The van der Waals surface area contributed by atoms with Crippen LogP contribution in [0.1, 0.15) is 53.1 Å². The molecule has 2 heteroatoms. The summed E-state index contributed by atoms with van der Waals surface area (Å²) in [5.41, 5.74) is 14.6. The van der Waals surface area contributed by atoms with Crippen molar-refractivity contribution in [1.82, 2.24) is 0 Å². The Hall–Kier alpha value is -5.86. The first-order valence-electron chi connectivity index (χ1n) is 16.8. The minimum absolute atomic E-state index is 0.499. The standard InChI is InChI=1S/C46H34N2/c1-30(32-15-5-3-6-16-32)47-45(48-31(2)33-17-7-4-8-18-33)35-27-28-38-36-21-9-11-24-40(36)46(43(38)29-35)41-25-12-10-22-37(41)39-23-13-19-34-20-14-26-42(46)44(34)39/h4-5,7-29H,1,3,6H2,2H3/b47-45-,48-31+. The van der Waals surface area contributed by atoms with E-state index in [9.17, 15) is 0 Å². The van der Waals surface area contributed by atoms with E-state index in [-0.39, 0.29) is 0 Å². The molecule has 3 aliphatic carbocycles. The first kappa shape index (κ1) is 28.4. The average molecular weight is 615 g/mol. The van der Waals surface area contributed by atoms with Crippen LogP contribution in [0.4, 0.5) is 0 Å². The molecule has 0 N–H and O–H groups in total. The number of allylic oxidation sites excluding steroid dienone is 3. The number of hydrogen-bond donors (Lipinski definition) is 0. The van der Waals surface area contributed by atoms with Gasteiger partial charge >= 0.3 is 0 Å². The number of fused-ring (bicyclic) bond motifs is 9. The summed E-state index contributed by atoms with van der Waals surface area (Å²) in [5.74, 6) is 0.665. The fourth-order valence-electron chi connectivity index (χ4n) is 8.14. The Morgan fingerprint density at radius 2 is 1.23 bits per heavy atom. The largest absolute Gasteiger partial charge is 0.233 e. The highest BCUT2D eigenvalue weighted by Gasteiger charge is 2.50. The summed E-state index contributed by atoms with van der Waals surface area (Å²) in [6, 6.07) is 48.6. The van der Waals surface area contributed by atoms with Crippen LogP contribution < -0.4 is 0 Å². The maximum Gasteiger partial charge on any atom is 0.160 e. The van der Waals surface area contributed by atoms with Crippen molar-refractivity contribution < 1.29 is 0 Å². The molecule has 0 fully saturated rings. The zero-order valence-corrected chi connectivity index (χ0v) is 26.9. The molecule has 0 radical (unpaired) electrons. The second-order valence-corrected chi connectivity index (χ2v) is 12.9. The fraction of sp³-hybridized carbons (Fsp3) is 0.0870. The van der Waals surface area contributed by atoms with Crippen molar-refractivity contribution in [1.29, 1.82) is 0 Å². The number of benzene rings is 6. The number of hydrogen-bond acceptors (Lipinski definition) is 1. The SMILES string of the molecule is C=C(/N=C(\N=C(/C)c1ccccc1)c1ccc2c(c1)C1(c3ccccc3-2)c2ccccc2-c2cccc3cccc1c23)C1=CCCC=C1. The van der Waals surface area contributed by atoms with Crippen LogP contribution in [0.5, 0.6) is 0 Å². The van der Waals surface area contributed by atoms with Crippen molar-refractivity contribution in [3.05, 3.63) is 203 Å². The quantitative estimate of drug-likeness (QED) is 0.139. The maximum atomic E-state index is 5.23. The van der Waals surface area contributed by atoms with Crippen LogP contribution in [0.15, 0.2) is 180 Å². The summed E-state index contributed by atoms with van der Waals surface area (Å²) in [7, 11) is 0. The zero-order chi connectivity index (χ0) is 32.2. The molecule has 0 heterocycles. The molecular weight excluding hydrogens is 581 g/mol. The van der Waals surface area contributed by atoms with E-state index < -0.39 is 5.41 Å². The lowest BCUT2D eigenvalue weighted by Gasteiger charge is -2.40. The van der Waals surface area contributed by atoms with Crippen LogP contribution in [0, 0.1) is 0 Å². The third-order valence-electron chi connectivity index (χ3n) is 10.3. The Bertz CT molecular complexity index is 2420. The molecule has 6 aromatic rings. The molecule has 48 heavy (non-hydrogen) atoms. The molecule has 1 atom stereocenters. The second kappa shape index (κ2) is 11.1. The Labute approximate surface area is 281 Å². The molecule has 0 saturated heterocycles. The Morgan fingerprint density at radius 1 is 0.583 bits per heavy atom. The van der Waals surface area contributed by atoms with Crippen LogP contribution >= 0.6 is 0 Å². The summed E-state index contributed by atoms with van der Waals surface area (Å²) in [5, 5.41) is 2.58. The van der Waals surface area contributed by atoms with Crippen molar-refractivity contribution in [3.63, 3.8) is 0 Å². The van der Waals surface area contributed by atoms with Crippen LogP contribution in [0.25, 0.3) is 33.0 Å². The van der Waals surface area contributed by atoms with E-state index in [1.54, 1.807) is 0 Å². The van der Waals surface area contributed by atoms with E-state index in [0.717, 1.165) is 41.0 Å². The molecule has 3 aliphatic rings. The van der Waals surface area contributed by atoms with E-state index in [1.165, 1.54) is 55.3 Å². The average Bonchev–Trinajstić information content (AvgIpc) is 3.44. The molecule has 0 amide bonds. The first-order valence-corrected chi connectivity index (χ1v) is 16.8. The van der Waals surface area contributed by atoms with Crippen molar-refractivity contribution in [2.45, 2.75) is 25.2 Å². The van der Waals surface area contributed by atoms with Crippen molar-refractivity contribution in [3.8, 4) is 22.3 Å². The molecular formula is C46H34N2. The van der Waals surface area contributed by atoms with Gasteiger partial charge in [-0.1, -0.05) is 152 Å². The summed E-state index contributed by atoms with van der Waals surface area (Å²) in [6.45, 7) is 6.48. The Kier molecular flexibility index (Phi) is 6.58. The number of aliphatic imine (C=N–C) groups is 2. The van der Waals surface area contributed by atoms with Gasteiger partial charge in [0.2, 0.25) is 0 Å². The summed E-state index contributed by atoms with van der Waals surface area (Å²) < 4.78 is 0. The van der Waals surface area contributed by atoms with E-state index in [1.807, 2.05) is 6.07 Å².